The molecule has 2 fully saturated rings. The highest BCUT2D eigenvalue weighted by molar-refractivity contribution is 5.81. The van der Waals surface area contributed by atoms with Crippen LogP contribution < -0.4 is 11.1 Å². The Balaban J connectivity index is 2.08. The van der Waals surface area contributed by atoms with Crippen molar-refractivity contribution >= 4 is 5.91 Å². The topological polar surface area (TPSA) is 67.6 Å². The maximum Gasteiger partial charge on any atom is 0.239 e. The van der Waals surface area contributed by atoms with Crippen LogP contribution in [0.2, 0.25) is 0 Å². The minimum atomic E-state index is -0.169. The average molecular weight is 255 g/mol. The van der Waals surface area contributed by atoms with Crippen molar-refractivity contribution in [2.24, 2.45) is 5.73 Å². The Bertz CT molecular complexity index is 285. The molecule has 0 aromatic rings. The van der Waals surface area contributed by atoms with Gasteiger partial charge < -0.3 is 15.8 Å². The van der Waals surface area contributed by atoms with E-state index in [-0.39, 0.29) is 18.0 Å². The summed E-state index contributed by atoms with van der Waals surface area (Å²) in [7, 11) is 1.68. The molecule has 0 bridgehead atoms. The predicted molar refractivity (Wildman–Crippen MR) is 70.2 cm³/mol. The zero-order chi connectivity index (χ0) is 13.0. The van der Waals surface area contributed by atoms with Gasteiger partial charge in [0.1, 0.15) is 6.04 Å². The smallest absolute Gasteiger partial charge is 0.239 e. The van der Waals surface area contributed by atoms with Crippen LogP contribution in [-0.2, 0) is 9.53 Å². The van der Waals surface area contributed by atoms with Crippen molar-refractivity contribution < 1.29 is 9.53 Å². The van der Waals surface area contributed by atoms with E-state index in [0.29, 0.717) is 19.3 Å². The van der Waals surface area contributed by atoms with Crippen molar-refractivity contribution in [3.63, 3.8) is 0 Å². The third-order valence-corrected chi connectivity index (χ3v) is 4.18. The molecular weight excluding hydrogens is 230 g/mol. The number of carbonyl (C=O) groups is 1. The fraction of sp³-hybridized carbons (Fsp3) is 0.923. The van der Waals surface area contributed by atoms with Crippen molar-refractivity contribution in [1.29, 1.82) is 0 Å². The first-order valence-corrected chi connectivity index (χ1v) is 7.04. The van der Waals surface area contributed by atoms with Crippen LogP contribution in [0.25, 0.3) is 0 Å². The Morgan fingerprint density at radius 3 is 2.89 bits per heavy atom. The Hall–Kier alpha value is -0.650. The van der Waals surface area contributed by atoms with E-state index in [9.17, 15) is 4.79 Å². The minimum Gasteiger partial charge on any atom is -0.378 e. The van der Waals surface area contributed by atoms with Crippen LogP contribution in [0, 0.1) is 0 Å². The summed E-state index contributed by atoms with van der Waals surface area (Å²) >= 11 is 0. The van der Waals surface area contributed by atoms with Crippen molar-refractivity contribution in [2.45, 2.75) is 50.2 Å². The lowest BCUT2D eigenvalue weighted by atomic mass is 9.99. The Labute approximate surface area is 109 Å². The first kappa shape index (κ1) is 13.8. The van der Waals surface area contributed by atoms with E-state index in [1.807, 2.05) is 0 Å². The second kappa shape index (κ2) is 6.50. The van der Waals surface area contributed by atoms with Crippen LogP contribution in [-0.4, -0.2) is 55.7 Å². The lowest BCUT2D eigenvalue weighted by Crippen LogP contribution is -2.60. The minimum absolute atomic E-state index is 0.0474. The van der Waals surface area contributed by atoms with Gasteiger partial charge in [-0.05, 0) is 12.8 Å². The quantitative estimate of drug-likeness (QED) is 0.686. The highest BCUT2D eigenvalue weighted by Crippen LogP contribution is 2.24. The molecule has 2 aliphatic rings. The zero-order valence-electron chi connectivity index (χ0n) is 11.2. The lowest BCUT2D eigenvalue weighted by Gasteiger charge is -2.41. The molecule has 1 heterocycles. The highest BCUT2D eigenvalue weighted by atomic mass is 16.5. The van der Waals surface area contributed by atoms with Crippen LogP contribution in [0.15, 0.2) is 0 Å². The molecule has 1 saturated carbocycles. The number of likely N-dealkylation sites (N-methyl/N-ethyl adjacent to an activating group) is 1. The second-order valence-corrected chi connectivity index (χ2v) is 5.31. The monoisotopic (exact) mass is 255 g/mol. The molecule has 0 spiro atoms. The standard InChI is InChI=1S/C13H25N3O2/c1-15-13(17)12-9-18-8-7-16(12)11-6-4-2-3-5-10(11)14/h10-12H,2-9,14H2,1H3,(H,15,17). The molecule has 3 N–H and O–H groups in total. The third-order valence-electron chi connectivity index (χ3n) is 4.18. The number of nitrogens with two attached hydrogens (primary N) is 1. The molecular formula is C13H25N3O2. The third kappa shape index (κ3) is 3.02. The van der Waals surface area contributed by atoms with Crippen LogP contribution in [0.3, 0.4) is 0 Å². The lowest BCUT2D eigenvalue weighted by molar-refractivity contribution is -0.134. The molecule has 0 radical (unpaired) electrons. The van der Waals surface area contributed by atoms with Gasteiger partial charge in [-0.3, -0.25) is 9.69 Å². The molecule has 1 saturated heterocycles. The Kier molecular flexibility index (Phi) is 4.97. The Morgan fingerprint density at radius 1 is 1.33 bits per heavy atom. The van der Waals surface area contributed by atoms with Crippen molar-refractivity contribution in [3.8, 4) is 0 Å². The molecule has 1 amide bonds. The van der Waals surface area contributed by atoms with Crippen LogP contribution in [0.4, 0.5) is 0 Å². The van der Waals surface area contributed by atoms with Crippen LogP contribution >= 0.6 is 0 Å². The molecule has 5 heteroatoms. The second-order valence-electron chi connectivity index (χ2n) is 5.31. The molecule has 18 heavy (non-hydrogen) atoms. The van der Waals surface area contributed by atoms with E-state index in [2.05, 4.69) is 10.2 Å². The summed E-state index contributed by atoms with van der Waals surface area (Å²) < 4.78 is 5.45. The number of hydrogen-bond donors (Lipinski definition) is 2. The normalized spacial score (nSPS) is 34.9. The number of carbonyl (C=O) groups excluding carboxylic acids is 1. The predicted octanol–water partition coefficient (Wildman–Crippen LogP) is 0.0932. The van der Waals surface area contributed by atoms with Crippen molar-refractivity contribution in [2.75, 3.05) is 26.8 Å². The van der Waals surface area contributed by atoms with Crippen LogP contribution in [0.5, 0.6) is 0 Å². The molecule has 5 nitrogen and oxygen atoms in total. The molecule has 104 valence electrons. The van der Waals surface area contributed by atoms with Gasteiger partial charge in [0, 0.05) is 25.7 Å². The van der Waals surface area contributed by atoms with E-state index < -0.39 is 0 Å². The van der Waals surface area contributed by atoms with Gasteiger partial charge in [0.25, 0.3) is 0 Å². The van der Waals surface area contributed by atoms with Gasteiger partial charge in [0.15, 0.2) is 0 Å². The van der Waals surface area contributed by atoms with E-state index in [4.69, 9.17) is 10.5 Å². The van der Waals surface area contributed by atoms with Crippen molar-refractivity contribution in [3.05, 3.63) is 0 Å². The van der Waals surface area contributed by atoms with Crippen LogP contribution in [0.1, 0.15) is 32.1 Å². The number of amides is 1. The summed E-state index contributed by atoms with van der Waals surface area (Å²) in [5.41, 5.74) is 6.30. The molecule has 0 aromatic carbocycles. The van der Waals surface area contributed by atoms with E-state index >= 15 is 0 Å². The number of rotatable bonds is 2. The maximum atomic E-state index is 11.9. The number of ether oxygens (including phenoxy) is 1. The molecule has 1 aliphatic carbocycles. The fourth-order valence-corrected chi connectivity index (χ4v) is 3.13. The van der Waals surface area contributed by atoms with E-state index in [1.165, 1.54) is 19.3 Å². The number of nitrogens with one attached hydrogen (secondary N) is 1. The van der Waals surface area contributed by atoms with Gasteiger partial charge in [-0.15, -0.1) is 0 Å². The number of hydrogen-bond acceptors (Lipinski definition) is 4. The van der Waals surface area contributed by atoms with E-state index in [0.717, 1.165) is 19.4 Å². The molecule has 1 aliphatic heterocycles. The SMILES string of the molecule is CNC(=O)C1COCCN1C1CCCCCC1N. The summed E-state index contributed by atoms with van der Waals surface area (Å²) in [6.45, 7) is 2.01. The average Bonchev–Trinajstić information content (AvgIpc) is 2.62. The van der Waals surface area contributed by atoms with Gasteiger partial charge in [0.05, 0.1) is 13.2 Å². The molecule has 3 unspecified atom stereocenters. The zero-order valence-corrected chi connectivity index (χ0v) is 11.2. The summed E-state index contributed by atoms with van der Waals surface area (Å²) in [6.07, 6.45) is 5.87. The molecule has 2 rings (SSSR count). The molecule has 0 aromatic heterocycles. The summed E-state index contributed by atoms with van der Waals surface area (Å²) in [6, 6.07) is 0.356. The fourth-order valence-electron chi connectivity index (χ4n) is 3.13. The Morgan fingerprint density at radius 2 is 2.11 bits per heavy atom. The summed E-state index contributed by atoms with van der Waals surface area (Å²) in [5, 5.41) is 2.73. The summed E-state index contributed by atoms with van der Waals surface area (Å²) in [4.78, 5) is 14.2. The van der Waals surface area contributed by atoms with Gasteiger partial charge in [-0.2, -0.15) is 0 Å². The van der Waals surface area contributed by atoms with Gasteiger partial charge in [-0.25, -0.2) is 0 Å². The first-order chi connectivity index (χ1) is 8.74. The maximum absolute atomic E-state index is 11.9. The summed E-state index contributed by atoms with van der Waals surface area (Å²) in [5.74, 6) is 0.0474. The first-order valence-electron chi connectivity index (χ1n) is 7.04. The molecule has 3 atom stereocenters. The van der Waals surface area contributed by atoms with Gasteiger partial charge in [-0.1, -0.05) is 19.3 Å². The number of nitrogens with zero attached hydrogens (tertiary/aromatic N) is 1. The van der Waals surface area contributed by atoms with Crippen molar-refractivity contribution in [1.82, 2.24) is 10.2 Å². The van der Waals surface area contributed by atoms with E-state index in [1.54, 1.807) is 7.05 Å². The van der Waals surface area contributed by atoms with Gasteiger partial charge >= 0.3 is 0 Å². The largest absolute Gasteiger partial charge is 0.378 e. The van der Waals surface area contributed by atoms with Gasteiger partial charge in [0.2, 0.25) is 5.91 Å². The number of morpholine rings is 1. The highest BCUT2D eigenvalue weighted by Gasteiger charge is 2.36.